The molecule has 1 N–H and O–H groups in total. The van der Waals surface area contributed by atoms with E-state index in [1.165, 1.54) is 5.69 Å². The van der Waals surface area contributed by atoms with E-state index in [4.69, 9.17) is 4.42 Å². The van der Waals surface area contributed by atoms with Crippen LogP contribution in [0.25, 0.3) is 0 Å². The number of guanidine groups is 1. The number of nitrogens with zero attached hydrogens (tertiary/aromatic N) is 4. The average Bonchev–Trinajstić information content (AvgIpc) is 3.11. The van der Waals surface area contributed by atoms with Crippen molar-refractivity contribution in [1.82, 2.24) is 15.1 Å². The topological polar surface area (TPSA) is 64.3 Å². The molecule has 7 heteroatoms. The lowest BCUT2D eigenvalue weighted by Crippen LogP contribution is -2.40. The number of hydrogen-bond donors (Lipinski definition) is 1. The average molecular weight is 400 g/mol. The van der Waals surface area contributed by atoms with Crippen molar-refractivity contribution in [2.45, 2.75) is 19.9 Å². The number of aryl methyl sites for hydroxylation is 1. The Hall–Kier alpha value is -2.96. The summed E-state index contributed by atoms with van der Waals surface area (Å²) < 4.78 is 5.39. The number of likely N-dealkylation sites (N-methyl/N-ethyl adjacent to an activating group) is 1. The number of nitrogens with one attached hydrogen (secondary N) is 1. The Bertz CT molecular complexity index is 786. The number of furan rings is 1. The molecule has 1 aromatic carbocycles. The molecule has 0 aliphatic rings. The van der Waals surface area contributed by atoms with E-state index in [0.29, 0.717) is 12.5 Å². The molecule has 0 aliphatic carbocycles. The first kappa shape index (κ1) is 22.3. The highest BCUT2D eigenvalue weighted by atomic mass is 16.3. The van der Waals surface area contributed by atoms with Crippen molar-refractivity contribution >= 4 is 17.6 Å². The van der Waals surface area contributed by atoms with E-state index >= 15 is 0 Å². The zero-order valence-electron chi connectivity index (χ0n) is 18.2. The van der Waals surface area contributed by atoms with Gasteiger partial charge in [-0.1, -0.05) is 18.2 Å². The predicted octanol–water partition coefficient (Wildman–Crippen LogP) is 2.58. The number of carbonyl (C=O) groups is 1. The first-order chi connectivity index (χ1) is 13.9. The normalized spacial score (nSPS) is 11.3. The molecule has 0 spiro atoms. The van der Waals surface area contributed by atoms with Crippen LogP contribution in [0.3, 0.4) is 0 Å². The molecule has 0 atom stereocenters. The Labute approximate surface area is 174 Å². The summed E-state index contributed by atoms with van der Waals surface area (Å²) in [7, 11) is 7.54. The lowest BCUT2D eigenvalue weighted by Gasteiger charge is -2.24. The van der Waals surface area contributed by atoms with Crippen LogP contribution in [-0.2, 0) is 11.3 Å². The van der Waals surface area contributed by atoms with Gasteiger partial charge < -0.3 is 24.4 Å². The van der Waals surface area contributed by atoms with Gasteiger partial charge in [-0.2, -0.15) is 0 Å². The van der Waals surface area contributed by atoms with E-state index in [2.05, 4.69) is 34.4 Å². The molecule has 0 fully saturated rings. The minimum atomic E-state index is -0.0268. The highest BCUT2D eigenvalue weighted by Gasteiger charge is 2.12. The molecule has 0 unspecified atom stereocenters. The number of benzene rings is 1. The SMILES string of the molecule is Cc1occc1CN(C)C(=NCC(=O)N(C)C)NCCCN(C)c1ccccc1. The monoisotopic (exact) mass is 399 g/mol. The van der Waals surface area contributed by atoms with E-state index in [1.807, 2.05) is 43.1 Å². The fourth-order valence-electron chi connectivity index (χ4n) is 2.83. The van der Waals surface area contributed by atoms with Crippen LogP contribution in [0.15, 0.2) is 52.1 Å². The number of carbonyl (C=O) groups excluding carboxylic acids is 1. The van der Waals surface area contributed by atoms with Gasteiger partial charge in [0.15, 0.2) is 5.96 Å². The Kier molecular flexibility index (Phi) is 8.58. The summed E-state index contributed by atoms with van der Waals surface area (Å²) >= 11 is 0. The lowest BCUT2D eigenvalue weighted by molar-refractivity contribution is -0.127. The fraction of sp³-hybridized carbons (Fsp3) is 0.455. The Morgan fingerprint density at radius 3 is 2.45 bits per heavy atom. The smallest absolute Gasteiger partial charge is 0.243 e. The molecule has 0 saturated carbocycles. The molecule has 0 saturated heterocycles. The number of anilines is 1. The van der Waals surface area contributed by atoms with Crippen LogP contribution in [0, 0.1) is 6.92 Å². The zero-order valence-corrected chi connectivity index (χ0v) is 18.2. The van der Waals surface area contributed by atoms with Crippen LogP contribution in [0.1, 0.15) is 17.7 Å². The third kappa shape index (κ3) is 7.18. The Morgan fingerprint density at radius 1 is 1.10 bits per heavy atom. The van der Waals surface area contributed by atoms with Gasteiger partial charge in [0.2, 0.25) is 5.91 Å². The van der Waals surface area contributed by atoms with Crippen LogP contribution in [-0.4, -0.2) is 69.5 Å². The Balaban J connectivity index is 1.92. The van der Waals surface area contributed by atoms with Crippen molar-refractivity contribution in [3.05, 3.63) is 54.0 Å². The molecule has 29 heavy (non-hydrogen) atoms. The number of rotatable bonds is 9. The second-order valence-corrected chi connectivity index (χ2v) is 7.32. The van der Waals surface area contributed by atoms with Gasteiger partial charge in [0.05, 0.1) is 6.26 Å². The summed E-state index contributed by atoms with van der Waals surface area (Å²) in [5, 5.41) is 3.40. The second kappa shape index (κ2) is 11.1. The van der Waals surface area contributed by atoms with Gasteiger partial charge in [-0.25, -0.2) is 4.99 Å². The number of amides is 1. The highest BCUT2D eigenvalue weighted by Crippen LogP contribution is 2.12. The summed E-state index contributed by atoms with van der Waals surface area (Å²) in [4.78, 5) is 22.3. The molecule has 0 radical (unpaired) electrons. The molecule has 0 aliphatic heterocycles. The van der Waals surface area contributed by atoms with Crippen molar-refractivity contribution in [2.24, 2.45) is 4.99 Å². The molecular weight excluding hydrogens is 366 g/mol. The summed E-state index contributed by atoms with van der Waals surface area (Å²) in [5.74, 6) is 1.58. The fourth-order valence-corrected chi connectivity index (χ4v) is 2.83. The third-order valence-corrected chi connectivity index (χ3v) is 4.75. The van der Waals surface area contributed by atoms with Gasteiger partial charge in [0.1, 0.15) is 12.3 Å². The van der Waals surface area contributed by atoms with Crippen LogP contribution in [0.4, 0.5) is 5.69 Å². The highest BCUT2D eigenvalue weighted by molar-refractivity contribution is 5.84. The second-order valence-electron chi connectivity index (χ2n) is 7.32. The van der Waals surface area contributed by atoms with Crippen LogP contribution in [0.5, 0.6) is 0 Å². The summed E-state index contributed by atoms with van der Waals surface area (Å²) in [6, 6.07) is 12.3. The number of para-hydroxylation sites is 1. The predicted molar refractivity (Wildman–Crippen MR) is 118 cm³/mol. The molecule has 2 rings (SSSR count). The van der Waals surface area contributed by atoms with E-state index in [-0.39, 0.29) is 12.5 Å². The molecule has 158 valence electrons. The van der Waals surface area contributed by atoms with Crippen molar-refractivity contribution < 1.29 is 9.21 Å². The van der Waals surface area contributed by atoms with Crippen LogP contribution in [0.2, 0.25) is 0 Å². The molecule has 1 heterocycles. The minimum Gasteiger partial charge on any atom is -0.469 e. The summed E-state index contributed by atoms with van der Waals surface area (Å²) in [6.07, 6.45) is 2.64. The standard InChI is InChI=1S/C22H33N5O2/c1-18-19(12-15-29-18)17-27(5)22(24-16-21(28)25(2)3)23-13-9-14-26(4)20-10-7-6-8-11-20/h6-8,10-12,15H,9,13-14,16-17H2,1-5H3,(H,23,24). The maximum atomic E-state index is 12.0. The lowest BCUT2D eigenvalue weighted by atomic mass is 10.2. The van der Waals surface area contributed by atoms with Gasteiger partial charge in [0, 0.05) is 59.1 Å². The number of hydrogen-bond acceptors (Lipinski definition) is 4. The molecule has 2 aromatic rings. The maximum Gasteiger partial charge on any atom is 0.243 e. The van der Waals surface area contributed by atoms with Gasteiger partial charge in [-0.05, 0) is 31.5 Å². The van der Waals surface area contributed by atoms with Gasteiger partial charge >= 0.3 is 0 Å². The van der Waals surface area contributed by atoms with Gasteiger partial charge in [0.25, 0.3) is 0 Å². The van der Waals surface area contributed by atoms with Gasteiger partial charge in [-0.15, -0.1) is 0 Å². The zero-order chi connectivity index (χ0) is 21.2. The van der Waals surface area contributed by atoms with E-state index in [1.54, 1.807) is 25.3 Å². The number of aliphatic imine (C=N–C) groups is 1. The van der Waals surface area contributed by atoms with Gasteiger partial charge in [-0.3, -0.25) is 4.79 Å². The Morgan fingerprint density at radius 2 is 1.83 bits per heavy atom. The molecule has 0 bridgehead atoms. The summed E-state index contributed by atoms with van der Waals surface area (Å²) in [5.41, 5.74) is 2.30. The van der Waals surface area contributed by atoms with Crippen molar-refractivity contribution in [1.29, 1.82) is 0 Å². The maximum absolute atomic E-state index is 12.0. The first-order valence-electron chi connectivity index (χ1n) is 9.87. The van der Waals surface area contributed by atoms with E-state index in [0.717, 1.165) is 30.8 Å². The molecular formula is C22H33N5O2. The van der Waals surface area contributed by atoms with Crippen LogP contribution < -0.4 is 10.2 Å². The minimum absolute atomic E-state index is 0.0268. The van der Waals surface area contributed by atoms with E-state index in [9.17, 15) is 4.79 Å². The van der Waals surface area contributed by atoms with Crippen LogP contribution >= 0.6 is 0 Å². The quantitative estimate of drug-likeness (QED) is 0.399. The van der Waals surface area contributed by atoms with Crippen molar-refractivity contribution in [3.8, 4) is 0 Å². The van der Waals surface area contributed by atoms with Crippen molar-refractivity contribution in [2.75, 3.05) is 52.7 Å². The summed E-state index contributed by atoms with van der Waals surface area (Å²) in [6.45, 7) is 4.41. The molecule has 7 nitrogen and oxygen atoms in total. The largest absolute Gasteiger partial charge is 0.469 e. The van der Waals surface area contributed by atoms with Crippen molar-refractivity contribution in [3.63, 3.8) is 0 Å². The first-order valence-corrected chi connectivity index (χ1v) is 9.87. The van der Waals surface area contributed by atoms with E-state index < -0.39 is 0 Å². The third-order valence-electron chi connectivity index (χ3n) is 4.75. The molecule has 1 aromatic heterocycles. The molecule has 1 amide bonds.